The third kappa shape index (κ3) is 3.64. The highest BCUT2D eigenvalue weighted by Crippen LogP contribution is 2.20. The van der Waals surface area contributed by atoms with Crippen LogP contribution in [0.1, 0.15) is 17.5 Å². The minimum Gasteiger partial charge on any atom is -0.469 e. The molecule has 1 N–H and O–H groups in total. The Morgan fingerprint density at radius 3 is 2.80 bits per heavy atom. The van der Waals surface area contributed by atoms with Crippen LogP contribution in [0.2, 0.25) is 0 Å². The second-order valence-electron chi connectivity index (χ2n) is 3.16. The van der Waals surface area contributed by atoms with Crippen molar-refractivity contribution in [3.8, 4) is 0 Å². The van der Waals surface area contributed by atoms with Gasteiger partial charge < -0.3 is 9.84 Å². The van der Waals surface area contributed by atoms with E-state index in [2.05, 4.69) is 20.7 Å². The van der Waals surface area contributed by atoms with Crippen molar-refractivity contribution in [3.05, 3.63) is 33.8 Å². The monoisotopic (exact) mass is 272 g/mol. The van der Waals surface area contributed by atoms with Crippen molar-refractivity contribution in [2.45, 2.75) is 19.4 Å². The average Bonchev–Trinajstić information content (AvgIpc) is 2.26. The molecule has 1 aromatic carbocycles. The van der Waals surface area contributed by atoms with Gasteiger partial charge in [-0.15, -0.1) is 0 Å². The van der Waals surface area contributed by atoms with Crippen molar-refractivity contribution < 1.29 is 14.6 Å². The van der Waals surface area contributed by atoms with Crippen molar-refractivity contribution in [3.63, 3.8) is 0 Å². The van der Waals surface area contributed by atoms with Gasteiger partial charge in [-0.3, -0.25) is 4.79 Å². The van der Waals surface area contributed by atoms with E-state index in [4.69, 9.17) is 5.11 Å². The molecule has 0 aliphatic rings. The van der Waals surface area contributed by atoms with Gasteiger partial charge in [-0.25, -0.2) is 0 Å². The van der Waals surface area contributed by atoms with E-state index in [1.54, 1.807) is 0 Å². The zero-order chi connectivity index (χ0) is 11.3. The van der Waals surface area contributed by atoms with Gasteiger partial charge in [0.1, 0.15) is 0 Å². The van der Waals surface area contributed by atoms with E-state index in [1.165, 1.54) is 7.11 Å². The fraction of sp³-hybridized carbons (Fsp3) is 0.364. The molecular weight excluding hydrogens is 260 g/mol. The number of carbonyl (C=O) groups is 1. The Morgan fingerprint density at radius 2 is 2.27 bits per heavy atom. The van der Waals surface area contributed by atoms with Gasteiger partial charge >= 0.3 is 5.97 Å². The summed E-state index contributed by atoms with van der Waals surface area (Å²) in [5.41, 5.74) is 1.89. The van der Waals surface area contributed by atoms with Crippen molar-refractivity contribution in [1.82, 2.24) is 0 Å². The summed E-state index contributed by atoms with van der Waals surface area (Å²) in [6, 6.07) is 5.60. The molecule has 0 fully saturated rings. The quantitative estimate of drug-likeness (QED) is 0.854. The Labute approximate surface area is 97.2 Å². The molecule has 0 spiro atoms. The van der Waals surface area contributed by atoms with Crippen LogP contribution in [0.3, 0.4) is 0 Å². The van der Waals surface area contributed by atoms with Gasteiger partial charge in [-0.05, 0) is 23.6 Å². The number of ether oxygens (including phenoxy) is 1. The number of carbonyl (C=O) groups excluding carboxylic acids is 1. The number of hydrogen-bond acceptors (Lipinski definition) is 3. The van der Waals surface area contributed by atoms with Crippen LogP contribution in [0.25, 0.3) is 0 Å². The maximum Gasteiger partial charge on any atom is 0.305 e. The minimum atomic E-state index is -0.215. The molecule has 15 heavy (non-hydrogen) atoms. The van der Waals surface area contributed by atoms with Gasteiger partial charge in [0.25, 0.3) is 0 Å². The predicted octanol–water partition coefficient (Wildman–Crippen LogP) is 2.05. The number of esters is 1. The Balaban J connectivity index is 2.66. The highest BCUT2D eigenvalue weighted by molar-refractivity contribution is 9.10. The number of methoxy groups -OCH3 is 1. The molecule has 3 nitrogen and oxygen atoms in total. The zero-order valence-corrected chi connectivity index (χ0v) is 10.1. The van der Waals surface area contributed by atoms with Crippen LogP contribution in [0, 0.1) is 0 Å². The fourth-order valence-corrected chi connectivity index (χ4v) is 1.86. The highest BCUT2D eigenvalue weighted by Gasteiger charge is 2.05. The number of aliphatic hydroxyl groups excluding tert-OH is 1. The topological polar surface area (TPSA) is 46.5 Å². The molecule has 1 rings (SSSR count). The molecule has 0 aromatic heterocycles. The number of hydrogen-bond donors (Lipinski definition) is 1. The van der Waals surface area contributed by atoms with Crippen molar-refractivity contribution in [2.75, 3.05) is 7.11 Å². The van der Waals surface area contributed by atoms with Gasteiger partial charge in [-0.2, -0.15) is 0 Å². The van der Waals surface area contributed by atoms with E-state index >= 15 is 0 Å². The van der Waals surface area contributed by atoms with Crippen LogP contribution in [-0.4, -0.2) is 18.2 Å². The Bertz CT molecular complexity index is 350. The standard InChI is InChI=1S/C11H13BrO3/c1-15-11(14)5-4-9-3-2-8(7-13)6-10(9)12/h2-3,6,13H,4-5,7H2,1H3. The summed E-state index contributed by atoms with van der Waals surface area (Å²) in [6.45, 7) is 0.0237. The van der Waals surface area contributed by atoms with Crippen LogP contribution in [0.4, 0.5) is 0 Å². The summed E-state index contributed by atoms with van der Waals surface area (Å²) in [7, 11) is 1.38. The lowest BCUT2D eigenvalue weighted by Gasteiger charge is -2.05. The first-order valence-electron chi connectivity index (χ1n) is 4.62. The van der Waals surface area contributed by atoms with Crippen molar-refractivity contribution >= 4 is 21.9 Å². The first kappa shape index (κ1) is 12.2. The molecule has 82 valence electrons. The number of aliphatic hydroxyl groups is 1. The van der Waals surface area contributed by atoms with E-state index in [9.17, 15) is 4.79 Å². The van der Waals surface area contributed by atoms with Crippen LogP contribution < -0.4 is 0 Å². The Kier molecular flexibility index (Phi) is 4.78. The summed E-state index contributed by atoms with van der Waals surface area (Å²) in [5.74, 6) is -0.215. The molecule has 4 heteroatoms. The zero-order valence-electron chi connectivity index (χ0n) is 8.50. The van der Waals surface area contributed by atoms with Gasteiger partial charge in [0, 0.05) is 10.9 Å². The molecule has 0 bridgehead atoms. The maximum atomic E-state index is 10.9. The minimum absolute atomic E-state index is 0.0237. The van der Waals surface area contributed by atoms with E-state index in [-0.39, 0.29) is 12.6 Å². The summed E-state index contributed by atoms with van der Waals surface area (Å²) in [5, 5.41) is 8.91. The largest absolute Gasteiger partial charge is 0.469 e. The number of benzene rings is 1. The second-order valence-corrected chi connectivity index (χ2v) is 4.01. The smallest absolute Gasteiger partial charge is 0.305 e. The molecule has 0 aliphatic heterocycles. The van der Waals surface area contributed by atoms with Crippen molar-refractivity contribution in [2.24, 2.45) is 0 Å². The summed E-state index contributed by atoms with van der Waals surface area (Å²) in [6.07, 6.45) is 1.01. The maximum absolute atomic E-state index is 10.9. The van der Waals surface area contributed by atoms with Crippen LogP contribution in [-0.2, 0) is 22.6 Å². The third-order valence-electron chi connectivity index (χ3n) is 2.13. The van der Waals surface area contributed by atoms with Crippen molar-refractivity contribution in [1.29, 1.82) is 0 Å². The Hall–Kier alpha value is -0.870. The Morgan fingerprint density at radius 1 is 1.53 bits per heavy atom. The molecule has 1 aromatic rings. The highest BCUT2D eigenvalue weighted by atomic mass is 79.9. The SMILES string of the molecule is COC(=O)CCc1ccc(CO)cc1Br. The molecule has 0 amide bonds. The van der Waals surface area contributed by atoms with Gasteiger partial charge in [-0.1, -0.05) is 28.1 Å². The molecule has 0 aliphatic carbocycles. The normalized spacial score (nSPS) is 10.1. The molecular formula is C11H13BrO3. The number of aryl methyl sites for hydroxylation is 1. The lowest BCUT2D eigenvalue weighted by molar-refractivity contribution is -0.140. The molecule has 0 saturated carbocycles. The summed E-state index contributed by atoms with van der Waals surface area (Å²) >= 11 is 3.40. The van der Waals surface area contributed by atoms with E-state index in [1.807, 2.05) is 18.2 Å². The van der Waals surface area contributed by atoms with Gasteiger partial charge in [0.15, 0.2) is 0 Å². The average molecular weight is 273 g/mol. The van der Waals surface area contributed by atoms with Crippen LogP contribution >= 0.6 is 15.9 Å². The molecule has 0 radical (unpaired) electrons. The van der Waals surface area contributed by atoms with E-state index < -0.39 is 0 Å². The lowest BCUT2D eigenvalue weighted by Crippen LogP contribution is -2.02. The first-order valence-corrected chi connectivity index (χ1v) is 5.41. The van der Waals surface area contributed by atoms with Gasteiger partial charge in [0.2, 0.25) is 0 Å². The fourth-order valence-electron chi connectivity index (χ4n) is 1.23. The molecule has 0 saturated heterocycles. The summed E-state index contributed by atoms with van der Waals surface area (Å²) in [4.78, 5) is 10.9. The van der Waals surface area contributed by atoms with E-state index in [0.29, 0.717) is 12.8 Å². The number of rotatable bonds is 4. The second kappa shape index (κ2) is 5.88. The lowest BCUT2D eigenvalue weighted by atomic mass is 10.1. The molecule has 0 atom stereocenters. The van der Waals surface area contributed by atoms with Crippen LogP contribution in [0.15, 0.2) is 22.7 Å². The molecule has 0 heterocycles. The first-order chi connectivity index (χ1) is 7.17. The van der Waals surface area contributed by atoms with E-state index in [0.717, 1.165) is 15.6 Å². The third-order valence-corrected chi connectivity index (χ3v) is 2.86. The number of halogens is 1. The molecule has 0 unspecified atom stereocenters. The summed E-state index contributed by atoms with van der Waals surface area (Å²) < 4.78 is 5.48. The van der Waals surface area contributed by atoms with Gasteiger partial charge in [0.05, 0.1) is 13.7 Å². The van der Waals surface area contributed by atoms with Crippen LogP contribution in [0.5, 0.6) is 0 Å². The predicted molar refractivity (Wildman–Crippen MR) is 60.4 cm³/mol.